The number of hydrogen-bond donors (Lipinski definition) is 1. The van der Waals surface area contributed by atoms with Gasteiger partial charge in [-0.05, 0) is 32.1 Å². The van der Waals surface area contributed by atoms with Crippen LogP contribution in [0, 0.1) is 5.92 Å². The molecule has 19 heavy (non-hydrogen) atoms. The largest absolute Gasteiger partial charge is 0.393 e. The van der Waals surface area contributed by atoms with Crippen molar-refractivity contribution < 1.29 is 9.63 Å². The molecule has 4 nitrogen and oxygen atoms in total. The molecular weight excluding hydrogens is 240 g/mol. The van der Waals surface area contributed by atoms with Crippen molar-refractivity contribution in [1.29, 1.82) is 0 Å². The van der Waals surface area contributed by atoms with Gasteiger partial charge in [0.2, 0.25) is 5.89 Å². The predicted octanol–water partition coefficient (Wildman–Crippen LogP) is 3.63. The van der Waals surface area contributed by atoms with Gasteiger partial charge in [0.25, 0.3) is 0 Å². The first-order valence-electron chi connectivity index (χ1n) is 7.67. The first-order chi connectivity index (χ1) is 9.15. The monoisotopic (exact) mass is 266 g/mol. The van der Waals surface area contributed by atoms with Gasteiger partial charge in [0.1, 0.15) is 0 Å². The van der Waals surface area contributed by atoms with E-state index >= 15 is 0 Å². The van der Waals surface area contributed by atoms with Gasteiger partial charge in [-0.15, -0.1) is 0 Å². The van der Waals surface area contributed by atoms with Crippen molar-refractivity contribution in [2.75, 3.05) is 0 Å². The lowest BCUT2D eigenvalue weighted by molar-refractivity contribution is 0.141. The molecule has 4 unspecified atom stereocenters. The zero-order valence-corrected chi connectivity index (χ0v) is 12.3. The summed E-state index contributed by atoms with van der Waals surface area (Å²) in [5, 5.41) is 13.9. The van der Waals surface area contributed by atoms with E-state index in [0.29, 0.717) is 11.8 Å². The summed E-state index contributed by atoms with van der Waals surface area (Å²) in [6.07, 6.45) is 6.58. The molecule has 1 saturated carbocycles. The van der Waals surface area contributed by atoms with Crippen molar-refractivity contribution in [2.24, 2.45) is 5.92 Å². The fourth-order valence-corrected chi connectivity index (χ4v) is 3.18. The van der Waals surface area contributed by atoms with Crippen molar-refractivity contribution in [1.82, 2.24) is 10.1 Å². The Morgan fingerprint density at radius 3 is 2.79 bits per heavy atom. The number of hydrogen-bond acceptors (Lipinski definition) is 4. The van der Waals surface area contributed by atoms with Gasteiger partial charge in [-0.2, -0.15) is 4.98 Å². The molecule has 0 bridgehead atoms. The van der Waals surface area contributed by atoms with Crippen molar-refractivity contribution in [2.45, 2.75) is 77.2 Å². The molecule has 1 heterocycles. The fraction of sp³-hybridized carbons (Fsp3) is 0.867. The number of nitrogens with zero attached hydrogens (tertiary/aromatic N) is 2. The van der Waals surface area contributed by atoms with E-state index in [9.17, 15) is 5.11 Å². The molecule has 0 spiro atoms. The third-order valence-electron chi connectivity index (χ3n) is 4.52. The van der Waals surface area contributed by atoms with Crippen LogP contribution in [0.15, 0.2) is 4.52 Å². The molecular formula is C15H26N2O2. The van der Waals surface area contributed by atoms with E-state index in [4.69, 9.17) is 4.52 Å². The van der Waals surface area contributed by atoms with Crippen LogP contribution < -0.4 is 0 Å². The summed E-state index contributed by atoms with van der Waals surface area (Å²) in [5.74, 6) is 2.67. The summed E-state index contributed by atoms with van der Waals surface area (Å²) in [5.41, 5.74) is 0. The standard InChI is InChI=1S/C15H26N2O2/c1-4-11-7-6-8-12(9-11)14-16-15(19-17-14)13(5-2)10(3)18/h10-13,18H,4-9H2,1-3H3. The lowest BCUT2D eigenvalue weighted by Gasteiger charge is -2.26. The number of aromatic nitrogens is 2. The van der Waals surface area contributed by atoms with E-state index in [1.807, 2.05) is 6.92 Å². The third kappa shape index (κ3) is 3.35. The average molecular weight is 266 g/mol. The Morgan fingerprint density at radius 1 is 1.37 bits per heavy atom. The number of aliphatic hydroxyl groups is 1. The van der Waals surface area contributed by atoms with Crippen molar-refractivity contribution in [3.63, 3.8) is 0 Å². The van der Waals surface area contributed by atoms with E-state index in [2.05, 4.69) is 17.1 Å². The molecule has 1 aromatic heterocycles. The highest BCUT2D eigenvalue weighted by atomic mass is 16.5. The molecule has 4 heteroatoms. The summed E-state index contributed by atoms with van der Waals surface area (Å²) in [6.45, 7) is 6.08. The molecule has 0 amide bonds. The second kappa shape index (κ2) is 6.51. The van der Waals surface area contributed by atoms with Crippen LogP contribution in [0.1, 0.15) is 82.8 Å². The Bertz CT molecular complexity index is 389. The van der Waals surface area contributed by atoms with E-state index in [1.54, 1.807) is 6.92 Å². The molecule has 1 aliphatic rings. The maximum absolute atomic E-state index is 9.74. The Labute approximate surface area is 115 Å². The maximum Gasteiger partial charge on any atom is 0.232 e. The molecule has 1 fully saturated rings. The second-order valence-corrected chi connectivity index (χ2v) is 5.88. The molecule has 0 aliphatic heterocycles. The van der Waals surface area contributed by atoms with Crippen LogP contribution in [0.4, 0.5) is 0 Å². The zero-order chi connectivity index (χ0) is 13.8. The summed E-state index contributed by atoms with van der Waals surface area (Å²) >= 11 is 0. The van der Waals surface area contributed by atoms with Gasteiger partial charge in [-0.1, -0.05) is 38.3 Å². The Hall–Kier alpha value is -0.900. The smallest absolute Gasteiger partial charge is 0.232 e. The number of rotatable bonds is 5. The molecule has 4 atom stereocenters. The van der Waals surface area contributed by atoms with Crippen LogP contribution in [0.2, 0.25) is 0 Å². The van der Waals surface area contributed by atoms with Gasteiger partial charge >= 0.3 is 0 Å². The Balaban J connectivity index is 2.07. The van der Waals surface area contributed by atoms with E-state index < -0.39 is 6.10 Å². The van der Waals surface area contributed by atoms with Crippen LogP contribution in [0.25, 0.3) is 0 Å². The normalized spacial score (nSPS) is 27.2. The van der Waals surface area contributed by atoms with Crippen molar-refractivity contribution >= 4 is 0 Å². The first kappa shape index (κ1) is 14.5. The lowest BCUT2D eigenvalue weighted by Crippen LogP contribution is -2.16. The highest BCUT2D eigenvalue weighted by Gasteiger charge is 2.28. The quantitative estimate of drug-likeness (QED) is 0.884. The third-order valence-corrected chi connectivity index (χ3v) is 4.52. The second-order valence-electron chi connectivity index (χ2n) is 5.88. The zero-order valence-electron chi connectivity index (χ0n) is 12.3. The van der Waals surface area contributed by atoms with Crippen LogP contribution >= 0.6 is 0 Å². The van der Waals surface area contributed by atoms with Crippen molar-refractivity contribution in [3.05, 3.63) is 11.7 Å². The number of aliphatic hydroxyl groups excluding tert-OH is 1. The van der Waals surface area contributed by atoms with E-state index in [-0.39, 0.29) is 5.92 Å². The molecule has 1 aromatic rings. The summed E-state index contributed by atoms with van der Waals surface area (Å²) in [6, 6.07) is 0. The lowest BCUT2D eigenvalue weighted by atomic mass is 9.80. The van der Waals surface area contributed by atoms with Gasteiger partial charge < -0.3 is 9.63 Å². The topological polar surface area (TPSA) is 59.2 Å². The molecule has 1 aliphatic carbocycles. The maximum atomic E-state index is 9.74. The predicted molar refractivity (Wildman–Crippen MR) is 74.0 cm³/mol. The molecule has 0 radical (unpaired) electrons. The minimum Gasteiger partial charge on any atom is -0.393 e. The van der Waals surface area contributed by atoms with Crippen LogP contribution in [-0.2, 0) is 0 Å². The van der Waals surface area contributed by atoms with E-state index in [1.165, 1.54) is 32.1 Å². The van der Waals surface area contributed by atoms with Crippen LogP contribution in [0.5, 0.6) is 0 Å². The highest BCUT2D eigenvalue weighted by Crippen LogP contribution is 2.36. The molecule has 2 rings (SSSR count). The van der Waals surface area contributed by atoms with Gasteiger partial charge in [0, 0.05) is 5.92 Å². The molecule has 0 saturated heterocycles. The Morgan fingerprint density at radius 2 is 2.16 bits per heavy atom. The fourth-order valence-electron chi connectivity index (χ4n) is 3.18. The Kier molecular flexibility index (Phi) is 4.97. The minimum atomic E-state index is -0.437. The summed E-state index contributed by atoms with van der Waals surface area (Å²) in [7, 11) is 0. The van der Waals surface area contributed by atoms with E-state index in [0.717, 1.165) is 18.2 Å². The highest BCUT2D eigenvalue weighted by molar-refractivity contribution is 5.02. The molecule has 108 valence electrons. The average Bonchev–Trinajstić information content (AvgIpc) is 2.89. The summed E-state index contributed by atoms with van der Waals surface area (Å²) in [4.78, 5) is 4.56. The first-order valence-corrected chi connectivity index (χ1v) is 7.67. The van der Waals surface area contributed by atoms with Gasteiger partial charge in [-0.25, -0.2) is 0 Å². The van der Waals surface area contributed by atoms with Crippen LogP contribution in [-0.4, -0.2) is 21.4 Å². The van der Waals surface area contributed by atoms with Gasteiger partial charge in [0.05, 0.1) is 12.0 Å². The summed E-state index contributed by atoms with van der Waals surface area (Å²) < 4.78 is 5.38. The SMILES string of the molecule is CCC1CCCC(c2noc(C(CC)C(C)O)n2)C1. The minimum absolute atomic E-state index is 0.0354. The van der Waals surface area contributed by atoms with Gasteiger partial charge in [0.15, 0.2) is 5.82 Å². The van der Waals surface area contributed by atoms with Crippen LogP contribution in [0.3, 0.4) is 0 Å². The molecule has 0 aromatic carbocycles. The molecule has 1 N–H and O–H groups in total. The van der Waals surface area contributed by atoms with Crippen molar-refractivity contribution in [3.8, 4) is 0 Å². The van der Waals surface area contributed by atoms with Gasteiger partial charge in [-0.3, -0.25) is 0 Å².